The lowest BCUT2D eigenvalue weighted by Gasteiger charge is -2.25. The summed E-state index contributed by atoms with van der Waals surface area (Å²) in [6.07, 6.45) is 10.5. The van der Waals surface area contributed by atoms with Gasteiger partial charge in [-0.25, -0.2) is 0 Å². The molecule has 0 aliphatic heterocycles. The lowest BCUT2D eigenvalue weighted by Crippen LogP contribution is -2.10. The second kappa shape index (κ2) is 2.64. The van der Waals surface area contributed by atoms with Gasteiger partial charge in [0.25, 0.3) is 0 Å². The van der Waals surface area contributed by atoms with Crippen molar-refractivity contribution in [2.75, 3.05) is 0 Å². The molecule has 0 nitrogen and oxygen atoms in total. The summed E-state index contributed by atoms with van der Waals surface area (Å²) in [4.78, 5) is 0. The van der Waals surface area contributed by atoms with Crippen LogP contribution >= 0.6 is 0 Å². The molecule has 0 aromatic heterocycles. The van der Waals surface area contributed by atoms with Crippen molar-refractivity contribution in [3.8, 4) is 0 Å². The third-order valence-corrected chi connectivity index (χ3v) is 2.69. The van der Waals surface area contributed by atoms with E-state index < -0.39 is 0 Å². The first kappa shape index (κ1) is 6.24. The minimum absolute atomic E-state index is 0.929. The first-order valence-electron chi connectivity index (χ1n) is 4.41. The van der Waals surface area contributed by atoms with Gasteiger partial charge in [0, 0.05) is 0 Å². The van der Waals surface area contributed by atoms with E-state index in [-0.39, 0.29) is 0 Å². The summed E-state index contributed by atoms with van der Waals surface area (Å²) in [6, 6.07) is 0. The molecule has 0 saturated heterocycles. The standard InChI is InChI=1S/C10H14/c1-2-6-10-8-4-3-7-9(10)5-1/h1,10H,2-4,6-8H2. The third-order valence-electron chi connectivity index (χ3n) is 2.69. The molecule has 1 saturated carbocycles. The summed E-state index contributed by atoms with van der Waals surface area (Å²) < 4.78 is 0. The Morgan fingerprint density at radius 1 is 1.30 bits per heavy atom. The van der Waals surface area contributed by atoms with E-state index in [1.54, 1.807) is 5.57 Å². The Morgan fingerprint density at radius 3 is 3.20 bits per heavy atom. The van der Waals surface area contributed by atoms with Gasteiger partial charge in [-0.1, -0.05) is 6.42 Å². The molecule has 2 aliphatic rings. The Kier molecular flexibility index (Phi) is 1.65. The first-order chi connectivity index (χ1) is 4.97. The van der Waals surface area contributed by atoms with Crippen LogP contribution in [0.15, 0.2) is 17.4 Å². The molecule has 10 heavy (non-hydrogen) atoms. The quantitative estimate of drug-likeness (QED) is 0.447. The number of fused-ring (bicyclic) bond motifs is 1. The number of allylic oxidation sites excluding steroid dienone is 1. The normalized spacial score (nSPS) is 31.2. The van der Waals surface area contributed by atoms with Gasteiger partial charge in [-0.15, -0.1) is 5.73 Å². The SMILES string of the molecule is C1=CCCC2CCCCC=12. The van der Waals surface area contributed by atoms with Gasteiger partial charge in [0.05, 0.1) is 0 Å². The van der Waals surface area contributed by atoms with E-state index in [2.05, 4.69) is 11.8 Å². The van der Waals surface area contributed by atoms with E-state index in [1.807, 2.05) is 0 Å². The molecule has 0 N–H and O–H groups in total. The molecule has 0 bridgehead atoms. The van der Waals surface area contributed by atoms with Crippen molar-refractivity contribution in [2.24, 2.45) is 5.92 Å². The summed E-state index contributed by atoms with van der Waals surface area (Å²) in [5, 5.41) is 0. The van der Waals surface area contributed by atoms with Gasteiger partial charge in [0.1, 0.15) is 0 Å². The molecule has 0 aromatic carbocycles. The van der Waals surface area contributed by atoms with Crippen LogP contribution in [0, 0.1) is 5.92 Å². The van der Waals surface area contributed by atoms with Crippen molar-refractivity contribution >= 4 is 0 Å². The van der Waals surface area contributed by atoms with E-state index in [1.165, 1.54) is 38.5 Å². The van der Waals surface area contributed by atoms with Crippen molar-refractivity contribution in [1.29, 1.82) is 0 Å². The van der Waals surface area contributed by atoms with Crippen molar-refractivity contribution in [1.82, 2.24) is 0 Å². The van der Waals surface area contributed by atoms with Gasteiger partial charge >= 0.3 is 0 Å². The van der Waals surface area contributed by atoms with E-state index in [9.17, 15) is 0 Å². The average molecular weight is 134 g/mol. The van der Waals surface area contributed by atoms with Crippen LogP contribution in [0.1, 0.15) is 38.5 Å². The highest BCUT2D eigenvalue weighted by molar-refractivity contribution is 5.12. The second-order valence-corrected chi connectivity index (χ2v) is 3.39. The smallest absolute Gasteiger partial charge is 0.0124 e. The van der Waals surface area contributed by atoms with Gasteiger partial charge in [-0.2, -0.15) is 0 Å². The van der Waals surface area contributed by atoms with Crippen molar-refractivity contribution in [3.63, 3.8) is 0 Å². The highest BCUT2D eigenvalue weighted by Crippen LogP contribution is 2.33. The fourth-order valence-corrected chi connectivity index (χ4v) is 2.08. The molecule has 0 spiro atoms. The number of hydrogen-bond acceptors (Lipinski definition) is 0. The van der Waals surface area contributed by atoms with Crippen LogP contribution in [0.3, 0.4) is 0 Å². The summed E-state index contributed by atoms with van der Waals surface area (Å²) >= 11 is 0. The van der Waals surface area contributed by atoms with Crippen LogP contribution in [-0.4, -0.2) is 0 Å². The van der Waals surface area contributed by atoms with Gasteiger partial charge in [0.2, 0.25) is 0 Å². The van der Waals surface area contributed by atoms with Gasteiger partial charge < -0.3 is 0 Å². The van der Waals surface area contributed by atoms with Crippen LogP contribution in [0.2, 0.25) is 0 Å². The van der Waals surface area contributed by atoms with Crippen LogP contribution in [-0.2, 0) is 0 Å². The van der Waals surface area contributed by atoms with Crippen LogP contribution in [0.5, 0.6) is 0 Å². The second-order valence-electron chi connectivity index (χ2n) is 3.39. The number of hydrogen-bond donors (Lipinski definition) is 0. The molecular formula is C10H14. The molecule has 0 amide bonds. The van der Waals surface area contributed by atoms with Crippen molar-refractivity contribution < 1.29 is 0 Å². The van der Waals surface area contributed by atoms with Crippen LogP contribution < -0.4 is 0 Å². The van der Waals surface area contributed by atoms with Gasteiger partial charge in [-0.05, 0) is 49.7 Å². The molecule has 1 atom stereocenters. The first-order valence-corrected chi connectivity index (χ1v) is 4.41. The third kappa shape index (κ3) is 1.04. The monoisotopic (exact) mass is 134 g/mol. The Balaban J connectivity index is 2.20. The maximum Gasteiger partial charge on any atom is -0.0124 e. The topological polar surface area (TPSA) is 0 Å². The Bertz CT molecular complexity index is 182. The van der Waals surface area contributed by atoms with Crippen molar-refractivity contribution in [3.05, 3.63) is 17.4 Å². The Labute approximate surface area is 62.6 Å². The van der Waals surface area contributed by atoms with E-state index in [0.29, 0.717) is 0 Å². The lowest BCUT2D eigenvalue weighted by molar-refractivity contribution is 0.426. The Hall–Kier alpha value is -0.480. The molecule has 2 aliphatic carbocycles. The summed E-state index contributed by atoms with van der Waals surface area (Å²) in [5.74, 6) is 0.929. The maximum atomic E-state index is 3.41. The van der Waals surface area contributed by atoms with Crippen LogP contribution in [0.4, 0.5) is 0 Å². The number of rotatable bonds is 0. The highest BCUT2D eigenvalue weighted by atomic mass is 14.2. The summed E-state index contributed by atoms with van der Waals surface area (Å²) in [7, 11) is 0. The fourth-order valence-electron chi connectivity index (χ4n) is 2.08. The zero-order chi connectivity index (χ0) is 6.81. The molecule has 1 unspecified atom stereocenters. The Morgan fingerprint density at radius 2 is 2.30 bits per heavy atom. The zero-order valence-electron chi connectivity index (χ0n) is 6.40. The van der Waals surface area contributed by atoms with Crippen molar-refractivity contribution in [2.45, 2.75) is 38.5 Å². The van der Waals surface area contributed by atoms with E-state index in [0.717, 1.165) is 5.92 Å². The molecule has 0 heterocycles. The predicted molar refractivity (Wildman–Crippen MR) is 42.8 cm³/mol. The summed E-state index contributed by atoms with van der Waals surface area (Å²) in [6.45, 7) is 0. The predicted octanol–water partition coefficient (Wildman–Crippen LogP) is 3.05. The largest absolute Gasteiger partial charge is 0.126 e. The van der Waals surface area contributed by atoms with Gasteiger partial charge in [-0.3, -0.25) is 0 Å². The fraction of sp³-hybridized carbons (Fsp3) is 0.700. The summed E-state index contributed by atoms with van der Waals surface area (Å²) in [5.41, 5.74) is 5.04. The molecule has 0 aromatic rings. The highest BCUT2D eigenvalue weighted by Gasteiger charge is 2.18. The molecule has 2 rings (SSSR count). The molecule has 0 radical (unpaired) electrons. The lowest BCUT2D eigenvalue weighted by atomic mass is 9.80. The minimum Gasteiger partial charge on any atom is -0.126 e. The average Bonchev–Trinajstić information content (AvgIpc) is 2.05. The molecule has 1 fully saturated rings. The van der Waals surface area contributed by atoms with Crippen LogP contribution in [0.25, 0.3) is 0 Å². The molecule has 0 heteroatoms. The minimum atomic E-state index is 0.929. The van der Waals surface area contributed by atoms with Gasteiger partial charge in [0.15, 0.2) is 0 Å². The zero-order valence-corrected chi connectivity index (χ0v) is 6.40. The van der Waals surface area contributed by atoms with E-state index >= 15 is 0 Å². The maximum absolute atomic E-state index is 3.41. The van der Waals surface area contributed by atoms with E-state index in [4.69, 9.17) is 0 Å². The molecular weight excluding hydrogens is 120 g/mol. The molecule has 54 valence electrons.